The lowest BCUT2D eigenvalue weighted by atomic mass is 10.1. The normalized spacial score (nSPS) is 10.2. The molecule has 1 N–H and O–H groups in total. The van der Waals surface area contributed by atoms with Crippen LogP contribution in [0.25, 0.3) is 0 Å². The zero-order chi connectivity index (χ0) is 12.0. The quantitative estimate of drug-likeness (QED) is 0.629. The van der Waals surface area contributed by atoms with Crippen molar-refractivity contribution >= 4 is 17.7 Å². The van der Waals surface area contributed by atoms with Gasteiger partial charge in [0.15, 0.2) is 0 Å². The number of rotatable bonds is 5. The molecule has 0 bridgehead atoms. The molecule has 0 radical (unpaired) electrons. The van der Waals surface area contributed by atoms with Crippen LogP contribution in [0, 0.1) is 6.92 Å². The van der Waals surface area contributed by atoms with E-state index in [-0.39, 0.29) is 5.91 Å². The number of thioether (sulfide) groups is 1. The third-order valence-corrected chi connectivity index (χ3v) is 3.23. The van der Waals surface area contributed by atoms with Gasteiger partial charge in [0.25, 0.3) is 5.91 Å². The number of unbranched alkanes of at least 4 members (excludes halogenated alkanes) is 1. The second-order valence-corrected chi connectivity index (χ2v) is 4.67. The van der Waals surface area contributed by atoms with Crippen molar-refractivity contribution < 1.29 is 4.79 Å². The van der Waals surface area contributed by atoms with E-state index in [1.54, 1.807) is 11.8 Å². The van der Waals surface area contributed by atoms with Gasteiger partial charge in [-0.1, -0.05) is 19.4 Å². The first-order chi connectivity index (χ1) is 7.69. The van der Waals surface area contributed by atoms with Crippen LogP contribution in [0.5, 0.6) is 0 Å². The number of carbonyl (C=O) groups excluding carboxylic acids is 1. The second kappa shape index (κ2) is 6.59. The number of hydrogen-bond donors (Lipinski definition) is 1. The van der Waals surface area contributed by atoms with Crippen LogP contribution in [0.3, 0.4) is 0 Å². The molecule has 0 aliphatic rings. The summed E-state index contributed by atoms with van der Waals surface area (Å²) in [6.07, 6.45) is 4.15. The molecule has 2 nitrogen and oxygen atoms in total. The highest BCUT2D eigenvalue weighted by Gasteiger charge is 2.08. The highest BCUT2D eigenvalue weighted by atomic mass is 32.2. The predicted molar refractivity (Wildman–Crippen MR) is 70.2 cm³/mol. The highest BCUT2D eigenvalue weighted by molar-refractivity contribution is 7.98. The predicted octanol–water partition coefficient (Wildman–Crippen LogP) is 3.25. The van der Waals surface area contributed by atoms with Crippen molar-refractivity contribution in [1.29, 1.82) is 0 Å². The van der Waals surface area contributed by atoms with Gasteiger partial charge in [0.05, 0.1) is 0 Å². The lowest BCUT2D eigenvalue weighted by Gasteiger charge is -2.08. The van der Waals surface area contributed by atoms with Crippen LogP contribution < -0.4 is 5.32 Å². The van der Waals surface area contributed by atoms with Gasteiger partial charge in [-0.05, 0) is 37.3 Å². The van der Waals surface area contributed by atoms with Gasteiger partial charge >= 0.3 is 0 Å². The topological polar surface area (TPSA) is 29.1 Å². The average molecular weight is 237 g/mol. The van der Waals surface area contributed by atoms with Crippen LogP contribution >= 0.6 is 11.8 Å². The lowest BCUT2D eigenvalue weighted by Crippen LogP contribution is -2.25. The minimum atomic E-state index is 0.0434. The van der Waals surface area contributed by atoms with E-state index in [2.05, 4.69) is 12.2 Å². The number of aryl methyl sites for hydroxylation is 1. The second-order valence-electron chi connectivity index (χ2n) is 3.79. The average Bonchev–Trinajstić information content (AvgIpc) is 2.30. The number of amides is 1. The standard InChI is InChI=1S/C13H19NOS/c1-4-5-8-14-13(15)12-9-11(16-3)7-6-10(12)2/h6-7,9H,4-5,8H2,1-3H3,(H,14,15). The summed E-state index contributed by atoms with van der Waals surface area (Å²) in [6.45, 7) is 4.85. The molecule has 88 valence electrons. The van der Waals surface area contributed by atoms with Crippen molar-refractivity contribution in [3.8, 4) is 0 Å². The van der Waals surface area contributed by atoms with Crippen LogP contribution in [0.2, 0.25) is 0 Å². The van der Waals surface area contributed by atoms with Crippen molar-refractivity contribution in [3.05, 3.63) is 29.3 Å². The van der Waals surface area contributed by atoms with Gasteiger partial charge in [-0.15, -0.1) is 11.8 Å². The fourth-order valence-corrected chi connectivity index (χ4v) is 1.89. The van der Waals surface area contributed by atoms with E-state index in [9.17, 15) is 4.79 Å². The smallest absolute Gasteiger partial charge is 0.251 e. The number of nitrogens with one attached hydrogen (secondary N) is 1. The first-order valence-corrected chi connectivity index (χ1v) is 6.84. The molecular formula is C13H19NOS. The molecular weight excluding hydrogens is 218 g/mol. The number of benzene rings is 1. The minimum absolute atomic E-state index is 0.0434. The van der Waals surface area contributed by atoms with Gasteiger partial charge < -0.3 is 5.32 Å². The lowest BCUT2D eigenvalue weighted by molar-refractivity contribution is 0.0952. The summed E-state index contributed by atoms with van der Waals surface area (Å²) in [5.74, 6) is 0.0434. The number of hydrogen-bond acceptors (Lipinski definition) is 2. The van der Waals surface area contributed by atoms with E-state index in [0.717, 1.165) is 35.4 Å². The molecule has 0 saturated carbocycles. The van der Waals surface area contributed by atoms with Gasteiger partial charge in [0.2, 0.25) is 0 Å². The Morgan fingerprint density at radius 3 is 2.81 bits per heavy atom. The summed E-state index contributed by atoms with van der Waals surface area (Å²) in [5, 5.41) is 2.94. The van der Waals surface area contributed by atoms with Crippen LogP contribution in [0.1, 0.15) is 35.7 Å². The van der Waals surface area contributed by atoms with Crippen LogP contribution in [-0.4, -0.2) is 18.7 Å². The first kappa shape index (κ1) is 13.1. The van der Waals surface area contributed by atoms with Crippen molar-refractivity contribution in [2.24, 2.45) is 0 Å². The van der Waals surface area contributed by atoms with Gasteiger partial charge in [-0.25, -0.2) is 0 Å². The molecule has 0 spiro atoms. The summed E-state index contributed by atoms with van der Waals surface area (Å²) in [7, 11) is 0. The van der Waals surface area contributed by atoms with Gasteiger partial charge in [-0.3, -0.25) is 4.79 Å². The zero-order valence-corrected chi connectivity index (χ0v) is 11.0. The fraction of sp³-hybridized carbons (Fsp3) is 0.462. The number of carbonyl (C=O) groups is 1. The maximum atomic E-state index is 11.9. The summed E-state index contributed by atoms with van der Waals surface area (Å²) < 4.78 is 0. The summed E-state index contributed by atoms with van der Waals surface area (Å²) >= 11 is 1.66. The third-order valence-electron chi connectivity index (χ3n) is 2.51. The van der Waals surface area contributed by atoms with Gasteiger partial charge in [0, 0.05) is 17.0 Å². The largest absolute Gasteiger partial charge is 0.352 e. The molecule has 1 aromatic carbocycles. The molecule has 0 saturated heterocycles. The van der Waals surface area contributed by atoms with E-state index in [0.29, 0.717) is 0 Å². The minimum Gasteiger partial charge on any atom is -0.352 e. The van der Waals surface area contributed by atoms with Crippen molar-refractivity contribution in [2.45, 2.75) is 31.6 Å². The van der Waals surface area contributed by atoms with Crippen LogP contribution in [0.4, 0.5) is 0 Å². The fourth-order valence-electron chi connectivity index (χ4n) is 1.45. The van der Waals surface area contributed by atoms with E-state index in [1.807, 2.05) is 31.4 Å². The summed E-state index contributed by atoms with van der Waals surface area (Å²) in [5.41, 5.74) is 1.83. The highest BCUT2D eigenvalue weighted by Crippen LogP contribution is 2.18. The Hall–Kier alpha value is -0.960. The van der Waals surface area contributed by atoms with Gasteiger partial charge in [0.1, 0.15) is 0 Å². The van der Waals surface area contributed by atoms with Gasteiger partial charge in [-0.2, -0.15) is 0 Å². The molecule has 0 aromatic heterocycles. The molecule has 1 rings (SSSR count). The molecule has 0 unspecified atom stereocenters. The first-order valence-electron chi connectivity index (χ1n) is 5.62. The molecule has 1 aromatic rings. The van der Waals surface area contributed by atoms with Crippen molar-refractivity contribution in [2.75, 3.05) is 12.8 Å². The summed E-state index contributed by atoms with van der Waals surface area (Å²) in [4.78, 5) is 13.0. The van der Waals surface area contributed by atoms with Crippen LogP contribution in [0.15, 0.2) is 23.1 Å². The third kappa shape index (κ3) is 3.56. The van der Waals surface area contributed by atoms with E-state index in [1.165, 1.54) is 0 Å². The Kier molecular flexibility index (Phi) is 5.39. The van der Waals surface area contributed by atoms with Crippen molar-refractivity contribution in [1.82, 2.24) is 5.32 Å². The molecule has 16 heavy (non-hydrogen) atoms. The Morgan fingerprint density at radius 2 is 2.19 bits per heavy atom. The molecule has 0 heterocycles. The van der Waals surface area contributed by atoms with E-state index in [4.69, 9.17) is 0 Å². The van der Waals surface area contributed by atoms with Crippen molar-refractivity contribution in [3.63, 3.8) is 0 Å². The van der Waals surface area contributed by atoms with E-state index >= 15 is 0 Å². The monoisotopic (exact) mass is 237 g/mol. The maximum absolute atomic E-state index is 11.9. The SMILES string of the molecule is CCCCNC(=O)c1cc(SC)ccc1C. The zero-order valence-electron chi connectivity index (χ0n) is 10.2. The molecule has 3 heteroatoms. The van der Waals surface area contributed by atoms with E-state index < -0.39 is 0 Å². The molecule has 0 aliphatic heterocycles. The molecule has 0 fully saturated rings. The van der Waals surface area contributed by atoms with Crippen LogP contribution in [-0.2, 0) is 0 Å². The maximum Gasteiger partial charge on any atom is 0.251 e. The molecule has 1 amide bonds. The molecule has 0 aliphatic carbocycles. The molecule has 0 atom stereocenters. The Labute approximate surface area is 102 Å². The Morgan fingerprint density at radius 1 is 1.44 bits per heavy atom. The Bertz CT molecular complexity index is 363. The Balaban J connectivity index is 2.73. The summed E-state index contributed by atoms with van der Waals surface area (Å²) in [6, 6.07) is 6.00.